The number of methoxy groups -OCH3 is 1. The number of thiocarbonyl (C=S) groups is 1. The zero-order chi connectivity index (χ0) is 19.5. The first-order valence-corrected chi connectivity index (χ1v) is 9.10. The van der Waals surface area contributed by atoms with Crippen LogP contribution in [0.4, 0.5) is 5.69 Å². The lowest BCUT2D eigenvalue weighted by Crippen LogP contribution is -2.34. The predicted molar refractivity (Wildman–Crippen MR) is 110 cm³/mol. The summed E-state index contributed by atoms with van der Waals surface area (Å²) in [5, 5.41) is 5.85. The average Bonchev–Trinajstić information content (AvgIpc) is 2.67. The van der Waals surface area contributed by atoms with E-state index in [-0.39, 0.29) is 11.0 Å². The van der Waals surface area contributed by atoms with Gasteiger partial charge in [-0.25, -0.2) is 0 Å². The molecule has 2 N–H and O–H groups in total. The summed E-state index contributed by atoms with van der Waals surface area (Å²) in [5.74, 6) is 1.04. The molecule has 7 heteroatoms. The monoisotopic (exact) mass is 388 g/mol. The Morgan fingerprint density at radius 1 is 1.00 bits per heavy atom. The Morgan fingerprint density at radius 3 is 2.44 bits per heavy atom. The van der Waals surface area contributed by atoms with Crippen molar-refractivity contribution in [2.24, 2.45) is 0 Å². The van der Waals surface area contributed by atoms with Crippen molar-refractivity contribution >= 4 is 28.9 Å². The van der Waals surface area contributed by atoms with E-state index in [1.54, 1.807) is 31.4 Å². The summed E-state index contributed by atoms with van der Waals surface area (Å²) < 4.78 is 16.1. The van der Waals surface area contributed by atoms with Crippen LogP contribution in [0.2, 0.25) is 0 Å². The van der Waals surface area contributed by atoms with Crippen molar-refractivity contribution in [3.63, 3.8) is 0 Å². The van der Waals surface area contributed by atoms with Gasteiger partial charge in [0.1, 0.15) is 18.1 Å². The van der Waals surface area contributed by atoms with E-state index >= 15 is 0 Å². The average molecular weight is 388 g/mol. The van der Waals surface area contributed by atoms with Crippen molar-refractivity contribution in [1.29, 1.82) is 0 Å². The van der Waals surface area contributed by atoms with Gasteiger partial charge in [-0.1, -0.05) is 19.1 Å². The molecule has 0 spiro atoms. The van der Waals surface area contributed by atoms with Crippen LogP contribution in [0.3, 0.4) is 0 Å². The van der Waals surface area contributed by atoms with Crippen molar-refractivity contribution in [3.05, 3.63) is 54.1 Å². The van der Waals surface area contributed by atoms with Gasteiger partial charge in [0.25, 0.3) is 5.91 Å². The van der Waals surface area contributed by atoms with E-state index < -0.39 is 0 Å². The number of anilines is 1. The van der Waals surface area contributed by atoms with Gasteiger partial charge in [-0.3, -0.25) is 10.1 Å². The molecule has 0 radical (unpaired) electrons. The molecule has 0 bridgehead atoms. The Morgan fingerprint density at radius 2 is 1.70 bits per heavy atom. The molecule has 0 aliphatic heterocycles. The van der Waals surface area contributed by atoms with Gasteiger partial charge in [0.15, 0.2) is 5.11 Å². The minimum absolute atomic E-state index is 0.203. The highest BCUT2D eigenvalue weighted by atomic mass is 32.1. The molecule has 2 aromatic carbocycles. The van der Waals surface area contributed by atoms with Gasteiger partial charge in [-0.2, -0.15) is 0 Å². The van der Waals surface area contributed by atoms with Gasteiger partial charge in [0, 0.05) is 24.4 Å². The topological polar surface area (TPSA) is 68.8 Å². The second-order valence-corrected chi connectivity index (χ2v) is 6.06. The molecule has 0 aromatic heterocycles. The highest BCUT2D eigenvalue weighted by Gasteiger charge is 2.09. The molecule has 0 unspecified atom stereocenters. The fourth-order valence-corrected chi connectivity index (χ4v) is 2.40. The lowest BCUT2D eigenvalue weighted by Gasteiger charge is -2.12. The molecule has 0 saturated carbocycles. The number of amides is 1. The number of hydrogen-bond donors (Lipinski definition) is 2. The maximum absolute atomic E-state index is 12.4. The molecular formula is C20H24N2O4S. The highest BCUT2D eigenvalue weighted by Crippen LogP contribution is 2.17. The van der Waals surface area contributed by atoms with Crippen molar-refractivity contribution in [1.82, 2.24) is 5.32 Å². The maximum atomic E-state index is 12.4. The first-order valence-electron chi connectivity index (χ1n) is 8.69. The Hall–Kier alpha value is -2.64. The Balaban J connectivity index is 1.91. The third kappa shape index (κ3) is 7.24. The molecule has 6 nitrogen and oxygen atoms in total. The Kier molecular flexibility index (Phi) is 8.54. The largest absolute Gasteiger partial charge is 0.494 e. The standard InChI is InChI=1S/C20H24N2O4S/c1-3-10-25-17-8-4-6-15(13-17)19(23)22-20(27)21-16-7-5-9-18(14-16)26-12-11-24-2/h4-9,13-14H,3,10-12H2,1-2H3,(H2,21,22,23,27). The van der Waals surface area contributed by atoms with E-state index in [0.29, 0.717) is 36.9 Å². The summed E-state index contributed by atoms with van der Waals surface area (Å²) in [6.07, 6.45) is 0.901. The second kappa shape index (κ2) is 11.2. The number of carbonyl (C=O) groups is 1. The van der Waals surface area contributed by atoms with Crippen LogP contribution in [0.25, 0.3) is 0 Å². The highest BCUT2D eigenvalue weighted by molar-refractivity contribution is 7.80. The molecule has 0 aliphatic carbocycles. The van der Waals surface area contributed by atoms with Crippen molar-refractivity contribution in [2.45, 2.75) is 13.3 Å². The van der Waals surface area contributed by atoms with Gasteiger partial charge in [0.2, 0.25) is 0 Å². The zero-order valence-corrected chi connectivity index (χ0v) is 16.3. The summed E-state index contributed by atoms with van der Waals surface area (Å²) >= 11 is 5.23. The van der Waals surface area contributed by atoms with Gasteiger partial charge in [0.05, 0.1) is 13.2 Å². The van der Waals surface area contributed by atoms with Crippen LogP contribution in [0.15, 0.2) is 48.5 Å². The molecule has 0 heterocycles. The maximum Gasteiger partial charge on any atom is 0.257 e. The van der Waals surface area contributed by atoms with E-state index in [4.69, 9.17) is 26.4 Å². The number of carbonyl (C=O) groups excluding carboxylic acids is 1. The van der Waals surface area contributed by atoms with Gasteiger partial charge < -0.3 is 19.5 Å². The van der Waals surface area contributed by atoms with E-state index in [0.717, 1.165) is 12.1 Å². The van der Waals surface area contributed by atoms with Crippen LogP contribution in [0.1, 0.15) is 23.7 Å². The Bertz CT molecular complexity index is 767. The van der Waals surface area contributed by atoms with Crippen molar-refractivity contribution in [3.8, 4) is 11.5 Å². The lowest BCUT2D eigenvalue weighted by molar-refractivity contribution is 0.0977. The first-order chi connectivity index (χ1) is 13.1. The van der Waals surface area contributed by atoms with Gasteiger partial charge in [-0.15, -0.1) is 0 Å². The fourth-order valence-electron chi connectivity index (χ4n) is 2.19. The molecule has 2 aromatic rings. The third-order valence-electron chi connectivity index (χ3n) is 3.44. The summed E-state index contributed by atoms with van der Waals surface area (Å²) in [6, 6.07) is 14.3. The zero-order valence-electron chi connectivity index (χ0n) is 15.5. The van der Waals surface area contributed by atoms with Crippen molar-refractivity contribution in [2.75, 3.05) is 32.2 Å². The minimum atomic E-state index is -0.304. The van der Waals surface area contributed by atoms with Crippen LogP contribution in [-0.4, -0.2) is 38.0 Å². The van der Waals surface area contributed by atoms with E-state index in [1.807, 2.05) is 31.2 Å². The molecular weight excluding hydrogens is 364 g/mol. The number of ether oxygens (including phenoxy) is 3. The van der Waals surface area contributed by atoms with E-state index in [1.165, 1.54) is 0 Å². The number of hydrogen-bond acceptors (Lipinski definition) is 5. The lowest BCUT2D eigenvalue weighted by atomic mass is 10.2. The summed E-state index contributed by atoms with van der Waals surface area (Å²) in [6.45, 7) is 3.59. The molecule has 0 atom stereocenters. The van der Waals surface area contributed by atoms with Gasteiger partial charge >= 0.3 is 0 Å². The normalized spacial score (nSPS) is 10.1. The molecule has 27 heavy (non-hydrogen) atoms. The van der Waals surface area contributed by atoms with E-state index in [9.17, 15) is 4.79 Å². The van der Waals surface area contributed by atoms with E-state index in [2.05, 4.69) is 10.6 Å². The smallest absolute Gasteiger partial charge is 0.257 e. The van der Waals surface area contributed by atoms with Crippen LogP contribution in [-0.2, 0) is 4.74 Å². The third-order valence-corrected chi connectivity index (χ3v) is 3.65. The van der Waals surface area contributed by atoms with Crippen LogP contribution in [0.5, 0.6) is 11.5 Å². The van der Waals surface area contributed by atoms with Crippen LogP contribution >= 0.6 is 12.2 Å². The predicted octanol–water partition coefficient (Wildman–Crippen LogP) is 3.63. The van der Waals surface area contributed by atoms with Crippen LogP contribution < -0.4 is 20.1 Å². The molecule has 0 aliphatic rings. The number of rotatable bonds is 9. The van der Waals surface area contributed by atoms with Gasteiger partial charge in [-0.05, 0) is 49.0 Å². The number of benzene rings is 2. The van der Waals surface area contributed by atoms with Crippen molar-refractivity contribution < 1.29 is 19.0 Å². The summed E-state index contributed by atoms with van der Waals surface area (Å²) in [4.78, 5) is 12.4. The minimum Gasteiger partial charge on any atom is -0.494 e. The number of nitrogens with one attached hydrogen (secondary N) is 2. The first kappa shape index (κ1) is 20.7. The second-order valence-electron chi connectivity index (χ2n) is 5.65. The quantitative estimate of drug-likeness (QED) is 0.505. The SMILES string of the molecule is CCCOc1cccc(C(=O)NC(=S)Nc2cccc(OCCOC)c2)c1. The van der Waals surface area contributed by atoms with Crippen LogP contribution in [0, 0.1) is 0 Å². The molecule has 0 saturated heterocycles. The molecule has 0 fully saturated rings. The molecule has 1 amide bonds. The fraction of sp³-hybridized carbons (Fsp3) is 0.300. The summed E-state index contributed by atoms with van der Waals surface area (Å²) in [5.41, 5.74) is 1.19. The Labute approximate surface area is 164 Å². The summed E-state index contributed by atoms with van der Waals surface area (Å²) in [7, 11) is 1.62. The molecule has 2 rings (SSSR count). The molecule has 144 valence electrons.